The molecule has 0 saturated carbocycles. The van der Waals surface area contributed by atoms with Gasteiger partial charge < -0.3 is 9.47 Å². The standard InChI is InChI=1S/C25H22N6/c26-16-20-10-8-19(9-11-20)12-13-22-29-23-24(30-14-4-5-15-30)27-18-28-25(23)31(22)17-21-6-2-1-3-7-21/h1-3,6-13,18H,4-5,14-15,17H2/b13-12+. The van der Waals surface area contributed by atoms with Crippen molar-refractivity contribution in [3.05, 3.63) is 83.4 Å². The average Bonchev–Trinajstić information content (AvgIpc) is 3.47. The maximum absolute atomic E-state index is 9.01. The van der Waals surface area contributed by atoms with Gasteiger partial charge in [-0.3, -0.25) is 0 Å². The van der Waals surface area contributed by atoms with E-state index in [1.807, 2.05) is 54.6 Å². The molecule has 0 amide bonds. The highest BCUT2D eigenvalue weighted by molar-refractivity contribution is 5.86. The van der Waals surface area contributed by atoms with Gasteiger partial charge >= 0.3 is 0 Å². The lowest BCUT2D eigenvalue weighted by molar-refractivity contribution is 0.802. The molecule has 3 heterocycles. The second-order valence-electron chi connectivity index (χ2n) is 7.67. The molecule has 0 N–H and O–H groups in total. The van der Waals surface area contributed by atoms with Crippen molar-refractivity contribution in [2.75, 3.05) is 18.0 Å². The number of benzene rings is 2. The zero-order valence-electron chi connectivity index (χ0n) is 17.1. The molecule has 0 unspecified atom stereocenters. The minimum Gasteiger partial charge on any atom is -0.355 e. The van der Waals surface area contributed by atoms with Crippen molar-refractivity contribution in [2.45, 2.75) is 19.4 Å². The van der Waals surface area contributed by atoms with E-state index in [0.29, 0.717) is 12.1 Å². The van der Waals surface area contributed by atoms with Crippen LogP contribution < -0.4 is 4.90 Å². The number of fused-ring (bicyclic) bond motifs is 1. The van der Waals surface area contributed by atoms with E-state index in [4.69, 9.17) is 10.2 Å². The molecule has 2 aromatic heterocycles. The number of anilines is 1. The lowest BCUT2D eigenvalue weighted by Crippen LogP contribution is -2.19. The summed E-state index contributed by atoms with van der Waals surface area (Å²) in [6.07, 6.45) is 8.04. The van der Waals surface area contributed by atoms with E-state index in [0.717, 1.165) is 41.5 Å². The van der Waals surface area contributed by atoms with Gasteiger partial charge in [-0.15, -0.1) is 0 Å². The highest BCUT2D eigenvalue weighted by Gasteiger charge is 2.21. The van der Waals surface area contributed by atoms with Crippen LogP contribution in [0.4, 0.5) is 5.82 Å². The summed E-state index contributed by atoms with van der Waals surface area (Å²) < 4.78 is 2.14. The van der Waals surface area contributed by atoms with Crippen molar-refractivity contribution in [1.82, 2.24) is 19.5 Å². The highest BCUT2D eigenvalue weighted by Crippen LogP contribution is 2.27. The Hall–Kier alpha value is -3.98. The van der Waals surface area contributed by atoms with Crippen molar-refractivity contribution in [2.24, 2.45) is 0 Å². The maximum atomic E-state index is 9.01. The molecule has 4 aromatic rings. The lowest BCUT2D eigenvalue weighted by atomic mass is 10.1. The predicted molar refractivity (Wildman–Crippen MR) is 122 cm³/mol. The minimum atomic E-state index is 0.652. The van der Waals surface area contributed by atoms with Crippen molar-refractivity contribution in [3.63, 3.8) is 0 Å². The van der Waals surface area contributed by atoms with Crippen LogP contribution in [0.5, 0.6) is 0 Å². The zero-order chi connectivity index (χ0) is 21.0. The van der Waals surface area contributed by atoms with E-state index in [9.17, 15) is 0 Å². The van der Waals surface area contributed by atoms with Crippen LogP contribution in [0.15, 0.2) is 60.9 Å². The second kappa shape index (κ2) is 8.41. The number of nitriles is 1. The normalized spacial score (nSPS) is 13.8. The predicted octanol–water partition coefficient (Wildman–Crippen LogP) is 4.52. The molecule has 31 heavy (non-hydrogen) atoms. The summed E-state index contributed by atoms with van der Waals surface area (Å²) in [5.41, 5.74) is 4.55. The number of hydrogen-bond donors (Lipinski definition) is 0. The lowest BCUT2D eigenvalue weighted by Gasteiger charge is -2.15. The molecule has 0 atom stereocenters. The van der Waals surface area contributed by atoms with Gasteiger partial charge in [0.25, 0.3) is 0 Å². The second-order valence-corrected chi connectivity index (χ2v) is 7.67. The Morgan fingerprint density at radius 2 is 1.71 bits per heavy atom. The highest BCUT2D eigenvalue weighted by atomic mass is 15.2. The van der Waals surface area contributed by atoms with E-state index in [1.165, 1.54) is 18.4 Å². The Kier molecular flexibility index (Phi) is 5.16. The van der Waals surface area contributed by atoms with Crippen LogP contribution in [0.1, 0.15) is 35.4 Å². The van der Waals surface area contributed by atoms with Gasteiger partial charge in [-0.25, -0.2) is 15.0 Å². The first kappa shape index (κ1) is 19.0. The third-order valence-electron chi connectivity index (χ3n) is 5.60. The van der Waals surface area contributed by atoms with Gasteiger partial charge in [-0.2, -0.15) is 5.26 Å². The van der Waals surface area contributed by atoms with Gasteiger partial charge in [0, 0.05) is 13.1 Å². The summed E-state index contributed by atoms with van der Waals surface area (Å²) in [6.45, 7) is 2.70. The third-order valence-corrected chi connectivity index (χ3v) is 5.60. The number of rotatable bonds is 5. The summed E-state index contributed by atoms with van der Waals surface area (Å²) in [7, 11) is 0. The molecule has 1 aliphatic heterocycles. The monoisotopic (exact) mass is 406 g/mol. The first-order valence-electron chi connectivity index (χ1n) is 10.5. The molecule has 0 radical (unpaired) electrons. The number of hydrogen-bond acceptors (Lipinski definition) is 5. The van der Waals surface area contributed by atoms with Crippen molar-refractivity contribution >= 4 is 29.1 Å². The van der Waals surface area contributed by atoms with Crippen LogP contribution in [-0.4, -0.2) is 32.6 Å². The Balaban J connectivity index is 1.59. The van der Waals surface area contributed by atoms with Crippen molar-refractivity contribution in [3.8, 4) is 6.07 Å². The SMILES string of the molecule is N#Cc1ccc(/C=C/c2nc3c(N4CCCC4)ncnc3n2Cc2ccccc2)cc1. The molecule has 152 valence electrons. The van der Waals surface area contributed by atoms with Crippen molar-refractivity contribution in [1.29, 1.82) is 5.26 Å². The molecular formula is C25H22N6. The molecule has 6 nitrogen and oxygen atoms in total. The molecule has 0 aliphatic carbocycles. The molecule has 1 fully saturated rings. The van der Waals surface area contributed by atoms with E-state index in [2.05, 4.69) is 37.6 Å². The summed E-state index contributed by atoms with van der Waals surface area (Å²) in [6, 6.07) is 20.0. The van der Waals surface area contributed by atoms with Gasteiger partial charge in [0.1, 0.15) is 12.2 Å². The fourth-order valence-electron chi connectivity index (χ4n) is 3.99. The Morgan fingerprint density at radius 1 is 0.935 bits per heavy atom. The molecule has 2 aromatic carbocycles. The summed E-state index contributed by atoms with van der Waals surface area (Å²) >= 11 is 0. The first-order valence-corrected chi connectivity index (χ1v) is 10.5. The topological polar surface area (TPSA) is 70.6 Å². The molecule has 0 spiro atoms. The number of aromatic nitrogens is 4. The molecule has 5 rings (SSSR count). The Labute approximate surface area is 181 Å². The molecular weight excluding hydrogens is 384 g/mol. The van der Waals surface area contributed by atoms with E-state index in [1.54, 1.807) is 6.33 Å². The van der Waals surface area contributed by atoms with E-state index >= 15 is 0 Å². The number of imidazole rings is 1. The molecule has 0 bridgehead atoms. The van der Waals surface area contributed by atoms with E-state index < -0.39 is 0 Å². The average molecular weight is 406 g/mol. The van der Waals surface area contributed by atoms with Gasteiger partial charge in [0.15, 0.2) is 17.0 Å². The van der Waals surface area contributed by atoms with Crippen LogP contribution in [0.25, 0.3) is 23.3 Å². The van der Waals surface area contributed by atoms with Gasteiger partial charge in [-0.1, -0.05) is 48.5 Å². The Bertz CT molecular complexity index is 1260. The van der Waals surface area contributed by atoms with Crippen LogP contribution >= 0.6 is 0 Å². The minimum absolute atomic E-state index is 0.652. The number of nitrogens with zero attached hydrogens (tertiary/aromatic N) is 6. The van der Waals surface area contributed by atoms with Crippen LogP contribution in [0.2, 0.25) is 0 Å². The molecule has 1 saturated heterocycles. The largest absolute Gasteiger partial charge is 0.355 e. The fraction of sp³-hybridized carbons (Fsp3) is 0.200. The van der Waals surface area contributed by atoms with Crippen LogP contribution in [-0.2, 0) is 6.54 Å². The van der Waals surface area contributed by atoms with Gasteiger partial charge in [0.2, 0.25) is 0 Å². The Morgan fingerprint density at radius 3 is 2.45 bits per heavy atom. The van der Waals surface area contributed by atoms with Gasteiger partial charge in [0.05, 0.1) is 18.2 Å². The van der Waals surface area contributed by atoms with Crippen LogP contribution in [0.3, 0.4) is 0 Å². The zero-order valence-corrected chi connectivity index (χ0v) is 17.1. The molecule has 1 aliphatic rings. The van der Waals surface area contributed by atoms with Crippen LogP contribution in [0, 0.1) is 11.3 Å². The third kappa shape index (κ3) is 3.90. The first-order chi connectivity index (χ1) is 15.3. The summed E-state index contributed by atoms with van der Waals surface area (Å²) in [5.74, 6) is 1.76. The molecule has 6 heteroatoms. The van der Waals surface area contributed by atoms with Crippen molar-refractivity contribution < 1.29 is 0 Å². The maximum Gasteiger partial charge on any atom is 0.166 e. The summed E-state index contributed by atoms with van der Waals surface area (Å²) in [4.78, 5) is 16.4. The van der Waals surface area contributed by atoms with Gasteiger partial charge in [-0.05, 0) is 42.2 Å². The quantitative estimate of drug-likeness (QED) is 0.487. The summed E-state index contributed by atoms with van der Waals surface area (Å²) in [5, 5.41) is 9.01. The smallest absolute Gasteiger partial charge is 0.166 e. The van der Waals surface area contributed by atoms with E-state index in [-0.39, 0.29) is 0 Å². The fourth-order valence-corrected chi connectivity index (χ4v) is 3.99.